The second-order valence-electron chi connectivity index (χ2n) is 4.65. The average molecular weight is 278 g/mol. The van der Waals surface area contributed by atoms with Crippen LogP contribution in [0.1, 0.15) is 22.6 Å². The van der Waals surface area contributed by atoms with Gasteiger partial charge in [-0.3, -0.25) is 4.90 Å². The Hall–Kier alpha value is -0.590. The third-order valence-corrected chi connectivity index (χ3v) is 3.94. The van der Waals surface area contributed by atoms with Gasteiger partial charge in [0.2, 0.25) is 0 Å². The number of thiophene rings is 1. The zero-order chi connectivity index (χ0) is 13.2. The van der Waals surface area contributed by atoms with Crippen molar-refractivity contribution in [3.05, 3.63) is 21.9 Å². The van der Waals surface area contributed by atoms with Gasteiger partial charge in [-0.2, -0.15) is 13.2 Å². The molecular weight excluding hydrogens is 261 g/mol. The van der Waals surface area contributed by atoms with Crippen molar-refractivity contribution in [1.82, 2.24) is 10.2 Å². The summed E-state index contributed by atoms with van der Waals surface area (Å²) in [4.78, 5) is 3.72. The quantitative estimate of drug-likeness (QED) is 0.860. The Morgan fingerprint density at radius 3 is 2.56 bits per heavy atom. The summed E-state index contributed by atoms with van der Waals surface area (Å²) in [7, 11) is 1.86. The fourth-order valence-electron chi connectivity index (χ4n) is 1.96. The maximum atomic E-state index is 12.5. The molecule has 1 fully saturated rings. The Labute approximate surface area is 109 Å². The lowest BCUT2D eigenvalue weighted by Crippen LogP contribution is -2.35. The number of nitrogens with one attached hydrogen (secondary N) is 1. The molecule has 0 unspecified atom stereocenters. The fraction of sp³-hybridized carbons (Fsp3) is 0.667. The molecule has 1 aromatic rings. The molecular formula is C12H17F3N2S. The molecule has 0 amide bonds. The van der Waals surface area contributed by atoms with Crippen molar-refractivity contribution in [2.75, 3.05) is 13.6 Å². The van der Waals surface area contributed by atoms with Crippen molar-refractivity contribution in [2.45, 2.75) is 38.1 Å². The normalized spacial score (nSPS) is 16.5. The lowest BCUT2D eigenvalue weighted by atomic mass is 10.3. The smallest absolute Gasteiger partial charge is 0.315 e. The molecule has 0 radical (unpaired) electrons. The summed E-state index contributed by atoms with van der Waals surface area (Å²) < 4.78 is 37.4. The van der Waals surface area contributed by atoms with Gasteiger partial charge in [0, 0.05) is 28.9 Å². The molecule has 18 heavy (non-hydrogen) atoms. The minimum absolute atomic E-state index is 0.126. The highest BCUT2D eigenvalue weighted by Crippen LogP contribution is 2.32. The van der Waals surface area contributed by atoms with Crippen LogP contribution < -0.4 is 5.32 Å². The molecule has 2 nitrogen and oxygen atoms in total. The lowest BCUT2D eigenvalue weighted by molar-refractivity contribution is -0.148. The van der Waals surface area contributed by atoms with Gasteiger partial charge in [0.1, 0.15) is 0 Å². The van der Waals surface area contributed by atoms with Crippen LogP contribution in [0.15, 0.2) is 12.1 Å². The van der Waals surface area contributed by atoms with Crippen LogP contribution in [0.5, 0.6) is 0 Å². The first-order valence-corrected chi connectivity index (χ1v) is 6.82. The SMILES string of the molecule is CNCc1ccc(CN(CC(F)(F)F)C2CC2)s1. The molecule has 6 heteroatoms. The first kappa shape index (κ1) is 13.8. The maximum absolute atomic E-state index is 12.5. The van der Waals surface area contributed by atoms with Gasteiger partial charge in [-0.15, -0.1) is 11.3 Å². The molecule has 0 saturated heterocycles. The summed E-state index contributed by atoms with van der Waals surface area (Å²) in [5.74, 6) is 0. The van der Waals surface area contributed by atoms with Crippen molar-refractivity contribution in [3.8, 4) is 0 Å². The largest absolute Gasteiger partial charge is 0.401 e. The molecule has 0 spiro atoms. The van der Waals surface area contributed by atoms with E-state index < -0.39 is 12.7 Å². The zero-order valence-electron chi connectivity index (χ0n) is 10.3. The number of rotatable bonds is 6. The van der Waals surface area contributed by atoms with Crippen molar-refractivity contribution < 1.29 is 13.2 Å². The molecule has 1 saturated carbocycles. The predicted octanol–water partition coefficient (Wildman–Crippen LogP) is 2.99. The van der Waals surface area contributed by atoms with Gasteiger partial charge < -0.3 is 5.32 Å². The molecule has 2 rings (SSSR count). The second-order valence-corrected chi connectivity index (χ2v) is 5.90. The van der Waals surface area contributed by atoms with Crippen molar-refractivity contribution >= 4 is 11.3 Å². The molecule has 0 bridgehead atoms. The van der Waals surface area contributed by atoms with Gasteiger partial charge in [0.05, 0.1) is 6.54 Å². The Morgan fingerprint density at radius 1 is 1.33 bits per heavy atom. The van der Waals surface area contributed by atoms with E-state index in [4.69, 9.17) is 0 Å². The third kappa shape index (κ3) is 4.26. The van der Waals surface area contributed by atoms with Gasteiger partial charge in [-0.1, -0.05) is 0 Å². The van der Waals surface area contributed by atoms with E-state index in [1.807, 2.05) is 19.2 Å². The van der Waals surface area contributed by atoms with Crippen LogP contribution in [0.3, 0.4) is 0 Å². The molecule has 102 valence electrons. The van der Waals surface area contributed by atoms with Gasteiger partial charge in [-0.25, -0.2) is 0 Å². The van der Waals surface area contributed by atoms with Crippen molar-refractivity contribution in [1.29, 1.82) is 0 Å². The fourth-order valence-corrected chi connectivity index (χ4v) is 3.02. The molecule has 0 atom stereocenters. The minimum atomic E-state index is -4.10. The molecule has 0 aliphatic heterocycles. The third-order valence-electron chi connectivity index (χ3n) is 2.87. The van der Waals surface area contributed by atoms with Crippen LogP contribution in [0.2, 0.25) is 0 Å². The van der Waals surface area contributed by atoms with E-state index in [0.29, 0.717) is 6.54 Å². The number of hydrogen-bond donors (Lipinski definition) is 1. The molecule has 1 N–H and O–H groups in total. The van der Waals surface area contributed by atoms with Crippen LogP contribution >= 0.6 is 11.3 Å². The first-order chi connectivity index (χ1) is 8.48. The molecule has 1 aliphatic rings. The lowest BCUT2D eigenvalue weighted by Gasteiger charge is -2.22. The highest BCUT2D eigenvalue weighted by Gasteiger charge is 2.38. The summed E-state index contributed by atoms with van der Waals surface area (Å²) in [5, 5.41) is 3.04. The van der Waals surface area contributed by atoms with Gasteiger partial charge in [0.25, 0.3) is 0 Å². The van der Waals surface area contributed by atoms with E-state index in [0.717, 1.165) is 29.1 Å². The first-order valence-electron chi connectivity index (χ1n) is 6.01. The highest BCUT2D eigenvalue weighted by molar-refractivity contribution is 7.11. The van der Waals surface area contributed by atoms with Crippen LogP contribution in [-0.4, -0.2) is 30.7 Å². The monoisotopic (exact) mass is 278 g/mol. The second kappa shape index (κ2) is 5.59. The molecule has 1 heterocycles. The molecule has 1 aliphatic carbocycles. The van der Waals surface area contributed by atoms with Crippen molar-refractivity contribution in [2.24, 2.45) is 0 Å². The average Bonchev–Trinajstić information content (AvgIpc) is 3.00. The summed E-state index contributed by atoms with van der Waals surface area (Å²) in [5.41, 5.74) is 0. The number of hydrogen-bond acceptors (Lipinski definition) is 3. The van der Waals surface area contributed by atoms with Crippen molar-refractivity contribution in [3.63, 3.8) is 0 Å². The van der Waals surface area contributed by atoms with E-state index in [1.165, 1.54) is 0 Å². The predicted molar refractivity (Wildman–Crippen MR) is 66.6 cm³/mol. The highest BCUT2D eigenvalue weighted by atomic mass is 32.1. The number of halogens is 3. The van der Waals surface area contributed by atoms with Gasteiger partial charge >= 0.3 is 6.18 Å². The standard InChI is InChI=1S/C12H17F3N2S/c1-16-6-10-4-5-11(18-10)7-17(9-2-3-9)8-12(13,14)15/h4-5,9,16H,2-3,6-8H2,1H3. The maximum Gasteiger partial charge on any atom is 0.401 e. The molecule has 1 aromatic heterocycles. The van der Waals surface area contributed by atoms with Gasteiger partial charge in [-0.05, 0) is 32.0 Å². The Bertz CT molecular complexity index is 385. The Balaban J connectivity index is 1.95. The van der Waals surface area contributed by atoms with E-state index in [-0.39, 0.29) is 6.04 Å². The van der Waals surface area contributed by atoms with E-state index in [2.05, 4.69) is 5.32 Å². The Morgan fingerprint density at radius 2 is 2.00 bits per heavy atom. The van der Waals surface area contributed by atoms with E-state index in [9.17, 15) is 13.2 Å². The van der Waals surface area contributed by atoms with E-state index in [1.54, 1.807) is 16.2 Å². The number of nitrogens with zero attached hydrogens (tertiary/aromatic N) is 1. The van der Waals surface area contributed by atoms with Crippen LogP contribution in [0, 0.1) is 0 Å². The number of alkyl halides is 3. The summed E-state index contributed by atoms with van der Waals surface area (Å²) in [6, 6.07) is 4.04. The Kier molecular flexibility index (Phi) is 4.29. The molecule has 0 aromatic carbocycles. The van der Waals surface area contributed by atoms with Gasteiger partial charge in [0.15, 0.2) is 0 Å². The van der Waals surface area contributed by atoms with Crippen LogP contribution in [-0.2, 0) is 13.1 Å². The van der Waals surface area contributed by atoms with Crippen LogP contribution in [0.4, 0.5) is 13.2 Å². The summed E-state index contributed by atoms with van der Waals surface area (Å²) in [6.45, 7) is 0.392. The topological polar surface area (TPSA) is 15.3 Å². The summed E-state index contributed by atoms with van der Waals surface area (Å²) in [6.07, 6.45) is -2.32. The van der Waals surface area contributed by atoms with Crippen LogP contribution in [0.25, 0.3) is 0 Å². The minimum Gasteiger partial charge on any atom is -0.315 e. The zero-order valence-corrected chi connectivity index (χ0v) is 11.1. The van der Waals surface area contributed by atoms with E-state index >= 15 is 0 Å². The summed E-state index contributed by atoms with van der Waals surface area (Å²) >= 11 is 1.59.